The van der Waals surface area contributed by atoms with Crippen LogP contribution >= 0.6 is 27.7 Å². The third kappa shape index (κ3) is 5.45. The minimum atomic E-state index is -0.997. The number of carbonyl (C=O) groups is 2. The Bertz CT molecular complexity index is 1580. The molecule has 0 aromatic heterocycles. The zero-order chi connectivity index (χ0) is 25.9. The number of halogens is 1. The molecule has 0 spiro atoms. The Labute approximate surface area is 226 Å². The van der Waals surface area contributed by atoms with Crippen LogP contribution in [0.1, 0.15) is 21.5 Å². The zero-order valence-electron chi connectivity index (χ0n) is 19.7. The first-order valence-electron chi connectivity index (χ1n) is 11.4. The molecular formula is C29H21BrN2O4S. The number of thioether (sulfide) groups is 1. The van der Waals surface area contributed by atoms with Gasteiger partial charge in [-0.2, -0.15) is 0 Å². The van der Waals surface area contributed by atoms with E-state index in [-0.39, 0.29) is 11.5 Å². The second-order valence-electron chi connectivity index (χ2n) is 8.34. The number of amidine groups is 1. The van der Waals surface area contributed by atoms with Gasteiger partial charge in [0.2, 0.25) is 0 Å². The number of carbonyl (C=O) groups excluding carboxylic acids is 1. The molecule has 1 N–H and O–H groups in total. The summed E-state index contributed by atoms with van der Waals surface area (Å²) in [5, 5.41) is 11.9. The fraction of sp³-hybridized carbons (Fsp3) is 0.0690. The van der Waals surface area contributed by atoms with Crippen LogP contribution in [0.25, 0.3) is 16.8 Å². The van der Waals surface area contributed by atoms with E-state index >= 15 is 0 Å². The standard InChI is InChI=1S/C29H21BrN2O4S/c1-32-27(33)26(37-29(32)31-22-12-10-20(11-13-22)28(34)35)16-18-9-14-25(24(30)15-18)36-17-21-7-4-6-19-5-2-3-8-23(19)21/h2-16H,17H2,1H3,(H,34,35)/b26-16-,31-29?. The van der Waals surface area contributed by atoms with E-state index in [1.807, 2.05) is 42.5 Å². The van der Waals surface area contributed by atoms with Crippen molar-refractivity contribution in [3.63, 3.8) is 0 Å². The molecule has 0 saturated carbocycles. The van der Waals surface area contributed by atoms with Gasteiger partial charge in [-0.1, -0.05) is 48.5 Å². The molecule has 8 heteroatoms. The first-order valence-corrected chi connectivity index (χ1v) is 13.0. The lowest BCUT2D eigenvalue weighted by molar-refractivity contribution is -0.121. The van der Waals surface area contributed by atoms with Crippen LogP contribution in [0, 0.1) is 0 Å². The van der Waals surface area contributed by atoms with Crippen molar-refractivity contribution in [2.24, 2.45) is 4.99 Å². The van der Waals surface area contributed by atoms with Crippen molar-refractivity contribution in [1.82, 2.24) is 4.90 Å². The Morgan fingerprint density at radius 2 is 1.81 bits per heavy atom. The molecular weight excluding hydrogens is 552 g/mol. The van der Waals surface area contributed by atoms with Crippen LogP contribution in [-0.4, -0.2) is 34.1 Å². The normalized spacial score (nSPS) is 15.6. The number of hydrogen-bond donors (Lipinski definition) is 1. The first-order chi connectivity index (χ1) is 17.9. The predicted molar refractivity (Wildman–Crippen MR) is 151 cm³/mol. The molecule has 0 aliphatic carbocycles. The molecule has 0 bridgehead atoms. The highest BCUT2D eigenvalue weighted by Gasteiger charge is 2.30. The molecule has 37 heavy (non-hydrogen) atoms. The highest BCUT2D eigenvalue weighted by atomic mass is 79.9. The summed E-state index contributed by atoms with van der Waals surface area (Å²) < 4.78 is 6.89. The topological polar surface area (TPSA) is 79.2 Å². The molecule has 1 heterocycles. The molecule has 1 aliphatic heterocycles. The quantitative estimate of drug-likeness (QED) is 0.249. The molecule has 1 saturated heterocycles. The molecule has 1 fully saturated rings. The molecule has 0 unspecified atom stereocenters. The SMILES string of the molecule is CN1C(=O)/C(=C/c2ccc(OCc3cccc4ccccc34)c(Br)c2)SC1=Nc1ccc(C(=O)O)cc1. The minimum Gasteiger partial charge on any atom is -0.488 e. The summed E-state index contributed by atoms with van der Waals surface area (Å²) in [6.07, 6.45) is 1.82. The van der Waals surface area contributed by atoms with Crippen molar-refractivity contribution in [3.05, 3.63) is 111 Å². The van der Waals surface area contributed by atoms with Gasteiger partial charge in [0.05, 0.1) is 20.6 Å². The van der Waals surface area contributed by atoms with Crippen LogP contribution in [0.4, 0.5) is 5.69 Å². The van der Waals surface area contributed by atoms with Gasteiger partial charge in [-0.3, -0.25) is 9.69 Å². The maximum absolute atomic E-state index is 12.8. The van der Waals surface area contributed by atoms with Gasteiger partial charge < -0.3 is 9.84 Å². The van der Waals surface area contributed by atoms with Crippen molar-refractivity contribution in [1.29, 1.82) is 0 Å². The number of hydrogen-bond acceptors (Lipinski definition) is 5. The summed E-state index contributed by atoms with van der Waals surface area (Å²) >= 11 is 4.87. The van der Waals surface area contributed by atoms with E-state index in [0.717, 1.165) is 15.6 Å². The maximum Gasteiger partial charge on any atom is 0.335 e. The van der Waals surface area contributed by atoms with Gasteiger partial charge in [0.25, 0.3) is 5.91 Å². The number of aromatic carboxylic acids is 1. The van der Waals surface area contributed by atoms with E-state index in [0.29, 0.717) is 28.1 Å². The van der Waals surface area contributed by atoms with Crippen molar-refractivity contribution >= 4 is 67.3 Å². The van der Waals surface area contributed by atoms with Crippen molar-refractivity contribution in [2.75, 3.05) is 7.05 Å². The number of fused-ring (bicyclic) bond motifs is 1. The number of amides is 1. The number of carboxylic acid groups (broad SMARTS) is 1. The van der Waals surface area contributed by atoms with Crippen molar-refractivity contribution in [2.45, 2.75) is 6.61 Å². The predicted octanol–water partition coefficient (Wildman–Crippen LogP) is 7.11. The number of carboxylic acids is 1. The largest absolute Gasteiger partial charge is 0.488 e. The Morgan fingerprint density at radius 3 is 2.57 bits per heavy atom. The highest BCUT2D eigenvalue weighted by molar-refractivity contribution is 9.10. The molecule has 4 aromatic carbocycles. The molecule has 1 amide bonds. The third-order valence-corrected chi connectivity index (χ3v) is 7.54. The lowest BCUT2D eigenvalue weighted by atomic mass is 10.1. The summed E-state index contributed by atoms with van der Waals surface area (Å²) in [5.74, 6) is -0.439. The lowest BCUT2D eigenvalue weighted by Gasteiger charge is -2.11. The maximum atomic E-state index is 12.8. The number of rotatable bonds is 6. The van der Waals surface area contributed by atoms with Gasteiger partial charge in [0, 0.05) is 7.05 Å². The third-order valence-electron chi connectivity index (χ3n) is 5.86. The first kappa shape index (κ1) is 24.8. The second kappa shape index (κ2) is 10.6. The average Bonchev–Trinajstić information content (AvgIpc) is 3.16. The van der Waals surface area contributed by atoms with E-state index in [2.05, 4.69) is 45.2 Å². The highest BCUT2D eigenvalue weighted by Crippen LogP contribution is 2.35. The monoisotopic (exact) mass is 572 g/mol. The Kier molecular flexibility index (Phi) is 7.12. The lowest BCUT2D eigenvalue weighted by Crippen LogP contribution is -2.23. The average molecular weight is 573 g/mol. The molecule has 0 radical (unpaired) electrons. The fourth-order valence-electron chi connectivity index (χ4n) is 3.89. The fourth-order valence-corrected chi connectivity index (χ4v) is 5.39. The van der Waals surface area contributed by atoms with Gasteiger partial charge in [-0.05, 0) is 92.1 Å². The zero-order valence-corrected chi connectivity index (χ0v) is 22.1. The minimum absolute atomic E-state index is 0.154. The second-order valence-corrected chi connectivity index (χ2v) is 10.2. The molecule has 184 valence electrons. The number of ether oxygens (including phenoxy) is 1. The number of aliphatic imine (C=N–C) groups is 1. The van der Waals surface area contributed by atoms with Gasteiger partial charge >= 0.3 is 5.97 Å². The molecule has 5 rings (SSSR count). The summed E-state index contributed by atoms with van der Waals surface area (Å²) in [6.45, 7) is 0.437. The number of nitrogens with zero attached hydrogens (tertiary/aromatic N) is 2. The molecule has 6 nitrogen and oxygen atoms in total. The Balaban J connectivity index is 1.31. The van der Waals surface area contributed by atoms with Crippen LogP contribution in [0.2, 0.25) is 0 Å². The van der Waals surface area contributed by atoms with E-state index in [1.165, 1.54) is 39.6 Å². The van der Waals surface area contributed by atoms with Gasteiger partial charge in [-0.15, -0.1) is 0 Å². The molecule has 1 aliphatic rings. The van der Waals surface area contributed by atoms with E-state index < -0.39 is 5.97 Å². The molecule has 0 atom stereocenters. The van der Waals surface area contributed by atoms with E-state index in [4.69, 9.17) is 9.84 Å². The van der Waals surface area contributed by atoms with Crippen LogP contribution in [-0.2, 0) is 11.4 Å². The summed E-state index contributed by atoms with van der Waals surface area (Å²) in [7, 11) is 1.67. The number of likely N-dealkylation sites (N-methyl/N-ethyl adjacent to an activating group) is 1. The smallest absolute Gasteiger partial charge is 0.335 e. The summed E-state index contributed by atoms with van der Waals surface area (Å²) in [6, 6.07) is 26.3. The van der Waals surface area contributed by atoms with E-state index in [1.54, 1.807) is 19.2 Å². The van der Waals surface area contributed by atoms with Crippen molar-refractivity contribution < 1.29 is 19.4 Å². The van der Waals surface area contributed by atoms with Crippen LogP contribution in [0.3, 0.4) is 0 Å². The van der Waals surface area contributed by atoms with Crippen LogP contribution < -0.4 is 4.74 Å². The van der Waals surface area contributed by atoms with Crippen LogP contribution in [0.5, 0.6) is 5.75 Å². The summed E-state index contributed by atoms with van der Waals surface area (Å²) in [5.41, 5.74) is 2.71. The van der Waals surface area contributed by atoms with Gasteiger partial charge in [-0.25, -0.2) is 9.79 Å². The molecule has 4 aromatic rings. The van der Waals surface area contributed by atoms with Crippen LogP contribution in [0.15, 0.2) is 99.3 Å². The van der Waals surface area contributed by atoms with Gasteiger partial charge in [0.1, 0.15) is 12.4 Å². The van der Waals surface area contributed by atoms with Crippen molar-refractivity contribution in [3.8, 4) is 5.75 Å². The van der Waals surface area contributed by atoms with Gasteiger partial charge in [0.15, 0.2) is 5.17 Å². The van der Waals surface area contributed by atoms with E-state index in [9.17, 15) is 9.59 Å². The summed E-state index contributed by atoms with van der Waals surface area (Å²) in [4.78, 5) is 30.4. The Hall–Kier alpha value is -3.88. The Morgan fingerprint density at radius 1 is 1.05 bits per heavy atom. The number of benzene rings is 4.